The number of nitriles is 1. The van der Waals surface area contributed by atoms with E-state index in [0.29, 0.717) is 0 Å². The third-order valence-electron chi connectivity index (χ3n) is 0.916. The lowest BCUT2D eigenvalue weighted by molar-refractivity contribution is 1.54. The van der Waals surface area contributed by atoms with E-state index in [2.05, 4.69) is 0 Å². The van der Waals surface area contributed by atoms with Gasteiger partial charge < -0.3 is 0 Å². The SMILES string of the molecule is N#CC=Cc1ccc(Cl)s1. The monoisotopic (exact) mass is 169 g/mol. The van der Waals surface area contributed by atoms with Crippen LogP contribution in [0.4, 0.5) is 0 Å². The molecule has 0 aliphatic carbocycles. The molecule has 3 heteroatoms. The van der Waals surface area contributed by atoms with Crippen molar-refractivity contribution in [2.24, 2.45) is 0 Å². The molecule has 0 saturated heterocycles. The summed E-state index contributed by atoms with van der Waals surface area (Å²) in [5.41, 5.74) is 0. The molecule has 0 amide bonds. The quantitative estimate of drug-likeness (QED) is 0.593. The third-order valence-corrected chi connectivity index (χ3v) is 2.11. The Bertz CT molecular complexity index is 282. The summed E-state index contributed by atoms with van der Waals surface area (Å²) < 4.78 is 0.748. The zero-order valence-electron chi connectivity index (χ0n) is 5.04. The van der Waals surface area contributed by atoms with Crippen LogP contribution in [0.5, 0.6) is 0 Å². The van der Waals surface area contributed by atoms with Gasteiger partial charge in [0.05, 0.1) is 10.4 Å². The Balaban J connectivity index is 2.78. The van der Waals surface area contributed by atoms with Gasteiger partial charge in [0.15, 0.2) is 0 Å². The largest absolute Gasteiger partial charge is 0.193 e. The molecule has 1 heterocycles. The molecular weight excluding hydrogens is 166 g/mol. The molecule has 1 aromatic heterocycles. The van der Waals surface area contributed by atoms with Crippen LogP contribution in [0.3, 0.4) is 0 Å². The minimum absolute atomic E-state index is 0.748. The van der Waals surface area contributed by atoms with Gasteiger partial charge in [-0.25, -0.2) is 0 Å². The normalized spacial score (nSPS) is 10.0. The lowest BCUT2D eigenvalue weighted by Crippen LogP contribution is -1.52. The van der Waals surface area contributed by atoms with Crippen LogP contribution in [-0.2, 0) is 0 Å². The van der Waals surface area contributed by atoms with E-state index in [9.17, 15) is 0 Å². The van der Waals surface area contributed by atoms with E-state index in [-0.39, 0.29) is 0 Å². The average molecular weight is 170 g/mol. The molecule has 0 aliphatic heterocycles. The molecule has 0 atom stereocenters. The highest BCUT2D eigenvalue weighted by Crippen LogP contribution is 2.22. The van der Waals surface area contributed by atoms with Crippen LogP contribution in [0.15, 0.2) is 18.2 Å². The van der Waals surface area contributed by atoms with Crippen LogP contribution in [0, 0.1) is 11.3 Å². The van der Waals surface area contributed by atoms with Gasteiger partial charge in [-0.05, 0) is 18.2 Å². The predicted octanol–water partition coefficient (Wildman–Crippen LogP) is 2.94. The van der Waals surface area contributed by atoms with Crippen molar-refractivity contribution in [2.75, 3.05) is 0 Å². The second-order valence-corrected chi connectivity index (χ2v) is 3.35. The molecular formula is C7H4ClNS. The van der Waals surface area contributed by atoms with Crippen molar-refractivity contribution in [2.45, 2.75) is 0 Å². The van der Waals surface area contributed by atoms with Gasteiger partial charge in [0.2, 0.25) is 0 Å². The fraction of sp³-hybridized carbons (Fsp3) is 0. The topological polar surface area (TPSA) is 23.8 Å². The highest BCUT2D eigenvalue weighted by atomic mass is 35.5. The first-order valence-electron chi connectivity index (χ1n) is 2.64. The minimum Gasteiger partial charge on any atom is -0.193 e. The Morgan fingerprint density at radius 1 is 1.60 bits per heavy atom. The number of allylic oxidation sites excluding steroid dienone is 1. The maximum Gasteiger partial charge on any atom is 0.0934 e. The summed E-state index contributed by atoms with van der Waals surface area (Å²) in [5, 5.41) is 8.17. The summed E-state index contributed by atoms with van der Waals surface area (Å²) in [7, 11) is 0. The van der Waals surface area contributed by atoms with Crippen molar-refractivity contribution in [3.8, 4) is 6.07 Å². The Morgan fingerprint density at radius 2 is 2.40 bits per heavy atom. The van der Waals surface area contributed by atoms with Gasteiger partial charge in [-0.2, -0.15) is 5.26 Å². The summed E-state index contributed by atoms with van der Waals surface area (Å²) in [5.74, 6) is 0. The highest BCUT2D eigenvalue weighted by molar-refractivity contribution is 7.16. The molecule has 1 rings (SSSR count). The molecule has 0 spiro atoms. The first-order chi connectivity index (χ1) is 4.83. The van der Waals surface area contributed by atoms with Crippen molar-refractivity contribution in [3.63, 3.8) is 0 Å². The molecule has 0 aromatic carbocycles. The first kappa shape index (κ1) is 7.33. The van der Waals surface area contributed by atoms with Gasteiger partial charge in [-0.1, -0.05) is 11.6 Å². The summed E-state index contributed by atoms with van der Waals surface area (Å²) >= 11 is 7.10. The van der Waals surface area contributed by atoms with Crippen LogP contribution in [0.2, 0.25) is 4.34 Å². The van der Waals surface area contributed by atoms with Gasteiger partial charge in [-0.3, -0.25) is 0 Å². The smallest absolute Gasteiger partial charge is 0.0934 e. The zero-order chi connectivity index (χ0) is 7.40. The summed E-state index contributed by atoms with van der Waals surface area (Å²) in [6.45, 7) is 0. The van der Waals surface area contributed by atoms with Crippen LogP contribution in [-0.4, -0.2) is 0 Å². The number of hydrogen-bond acceptors (Lipinski definition) is 2. The number of rotatable bonds is 1. The average Bonchev–Trinajstić information content (AvgIpc) is 2.31. The molecule has 0 fully saturated rings. The number of halogens is 1. The Kier molecular flexibility index (Phi) is 2.49. The molecule has 0 N–H and O–H groups in total. The molecule has 0 unspecified atom stereocenters. The predicted molar refractivity (Wildman–Crippen MR) is 44.0 cm³/mol. The van der Waals surface area contributed by atoms with E-state index in [1.165, 1.54) is 17.4 Å². The first-order valence-corrected chi connectivity index (χ1v) is 3.84. The van der Waals surface area contributed by atoms with Crippen molar-refractivity contribution in [1.29, 1.82) is 5.26 Å². The van der Waals surface area contributed by atoms with Crippen LogP contribution < -0.4 is 0 Å². The Labute approximate surface area is 68.2 Å². The van der Waals surface area contributed by atoms with Crippen molar-refractivity contribution in [3.05, 3.63) is 27.4 Å². The fourth-order valence-corrected chi connectivity index (χ4v) is 1.50. The summed E-state index contributed by atoms with van der Waals surface area (Å²) in [6, 6.07) is 5.59. The highest BCUT2D eigenvalue weighted by Gasteiger charge is 1.90. The lowest BCUT2D eigenvalue weighted by atomic mass is 10.4. The molecule has 0 saturated carbocycles. The molecule has 0 bridgehead atoms. The molecule has 1 aromatic rings. The van der Waals surface area contributed by atoms with Crippen LogP contribution >= 0.6 is 22.9 Å². The molecule has 0 aliphatic rings. The van der Waals surface area contributed by atoms with E-state index in [4.69, 9.17) is 16.9 Å². The zero-order valence-corrected chi connectivity index (χ0v) is 6.62. The summed E-state index contributed by atoms with van der Waals surface area (Å²) in [4.78, 5) is 1.01. The van der Waals surface area contributed by atoms with Crippen LogP contribution in [0.1, 0.15) is 4.88 Å². The number of nitrogens with zero attached hydrogens (tertiary/aromatic N) is 1. The molecule has 0 radical (unpaired) electrons. The van der Waals surface area contributed by atoms with Crippen molar-refractivity contribution < 1.29 is 0 Å². The number of hydrogen-bond donors (Lipinski definition) is 0. The maximum absolute atomic E-state index is 8.17. The van der Waals surface area contributed by atoms with Gasteiger partial charge in [-0.15, -0.1) is 11.3 Å². The van der Waals surface area contributed by atoms with Gasteiger partial charge >= 0.3 is 0 Å². The van der Waals surface area contributed by atoms with Crippen molar-refractivity contribution in [1.82, 2.24) is 0 Å². The van der Waals surface area contributed by atoms with E-state index >= 15 is 0 Å². The maximum atomic E-state index is 8.17. The van der Waals surface area contributed by atoms with Gasteiger partial charge in [0, 0.05) is 11.0 Å². The van der Waals surface area contributed by atoms with E-state index < -0.39 is 0 Å². The minimum atomic E-state index is 0.748. The second-order valence-electron chi connectivity index (χ2n) is 1.60. The lowest BCUT2D eigenvalue weighted by Gasteiger charge is -1.75. The second kappa shape index (κ2) is 3.40. The van der Waals surface area contributed by atoms with E-state index in [0.717, 1.165) is 9.21 Å². The number of thiophene rings is 1. The Morgan fingerprint density at radius 3 is 2.90 bits per heavy atom. The fourth-order valence-electron chi connectivity index (χ4n) is 0.537. The summed E-state index contributed by atoms with van der Waals surface area (Å²) in [6.07, 6.45) is 3.17. The van der Waals surface area contributed by atoms with Crippen LogP contribution in [0.25, 0.3) is 6.08 Å². The third kappa shape index (κ3) is 1.87. The van der Waals surface area contributed by atoms with Gasteiger partial charge in [0.1, 0.15) is 0 Å². The molecule has 10 heavy (non-hydrogen) atoms. The van der Waals surface area contributed by atoms with E-state index in [1.54, 1.807) is 6.08 Å². The van der Waals surface area contributed by atoms with Crippen molar-refractivity contribution >= 4 is 29.0 Å². The molecule has 50 valence electrons. The Hall–Kier alpha value is -0.780. The standard InChI is InChI=1S/C7H4ClNS/c8-7-4-3-6(10-7)2-1-5-9/h1-4H. The van der Waals surface area contributed by atoms with Gasteiger partial charge in [0.25, 0.3) is 0 Å². The molecule has 1 nitrogen and oxygen atoms in total. The van der Waals surface area contributed by atoms with E-state index in [1.807, 2.05) is 18.2 Å².